The molecule has 106 valence electrons. The maximum absolute atomic E-state index is 6.07. The first kappa shape index (κ1) is 13.2. The average molecular weight is 270 g/mol. The molecule has 1 aromatic carbocycles. The van der Waals surface area contributed by atoms with Gasteiger partial charge in [-0.25, -0.2) is 0 Å². The number of benzene rings is 1. The Bertz CT molecular complexity index is 629. The van der Waals surface area contributed by atoms with E-state index in [1.807, 2.05) is 17.8 Å². The normalized spacial score (nSPS) is 16.9. The first-order chi connectivity index (χ1) is 9.56. The molecule has 1 aliphatic rings. The van der Waals surface area contributed by atoms with Crippen LogP contribution in [0.15, 0.2) is 24.4 Å². The molecule has 2 N–H and O–H groups in total. The summed E-state index contributed by atoms with van der Waals surface area (Å²) in [4.78, 5) is 2.51. The van der Waals surface area contributed by atoms with E-state index in [4.69, 9.17) is 5.73 Å². The molecular formula is C16H22N4. The van der Waals surface area contributed by atoms with Crippen LogP contribution in [0.4, 0.5) is 5.69 Å². The van der Waals surface area contributed by atoms with Crippen molar-refractivity contribution in [3.05, 3.63) is 46.8 Å². The van der Waals surface area contributed by atoms with Gasteiger partial charge in [-0.05, 0) is 37.5 Å². The number of rotatable bonds is 2. The van der Waals surface area contributed by atoms with Crippen LogP contribution in [0.3, 0.4) is 0 Å². The Morgan fingerprint density at radius 1 is 1.35 bits per heavy atom. The summed E-state index contributed by atoms with van der Waals surface area (Å²) in [5.74, 6) is 0. The van der Waals surface area contributed by atoms with Crippen LogP contribution >= 0.6 is 0 Å². The molecule has 1 unspecified atom stereocenters. The van der Waals surface area contributed by atoms with Gasteiger partial charge in [-0.1, -0.05) is 12.1 Å². The number of aryl methyl sites for hydroxylation is 2. The lowest BCUT2D eigenvalue weighted by Gasteiger charge is -2.34. The molecule has 0 radical (unpaired) electrons. The van der Waals surface area contributed by atoms with Crippen LogP contribution in [0, 0.1) is 6.92 Å². The van der Waals surface area contributed by atoms with Gasteiger partial charge in [0.25, 0.3) is 0 Å². The molecule has 0 amide bonds. The fourth-order valence-electron chi connectivity index (χ4n) is 3.22. The quantitative estimate of drug-likeness (QED) is 0.853. The second-order valence-corrected chi connectivity index (χ2v) is 5.72. The van der Waals surface area contributed by atoms with Gasteiger partial charge in [0.15, 0.2) is 0 Å². The summed E-state index contributed by atoms with van der Waals surface area (Å²) >= 11 is 0. The van der Waals surface area contributed by atoms with Crippen molar-refractivity contribution >= 4 is 5.69 Å². The van der Waals surface area contributed by atoms with E-state index in [1.54, 1.807) is 0 Å². The first-order valence-electron chi connectivity index (χ1n) is 7.16. The van der Waals surface area contributed by atoms with Crippen molar-refractivity contribution in [3.8, 4) is 0 Å². The van der Waals surface area contributed by atoms with Gasteiger partial charge in [-0.15, -0.1) is 0 Å². The summed E-state index contributed by atoms with van der Waals surface area (Å²) in [6.45, 7) is 6.37. The second kappa shape index (κ2) is 4.94. The molecule has 0 spiro atoms. The van der Waals surface area contributed by atoms with E-state index >= 15 is 0 Å². The van der Waals surface area contributed by atoms with Crippen molar-refractivity contribution in [1.29, 1.82) is 0 Å². The minimum atomic E-state index is 0.387. The molecule has 2 aromatic rings. The molecule has 4 heteroatoms. The van der Waals surface area contributed by atoms with E-state index in [-0.39, 0.29) is 0 Å². The smallest absolute Gasteiger partial charge is 0.0641 e. The highest BCUT2D eigenvalue weighted by Gasteiger charge is 2.24. The number of aromatic nitrogens is 2. The zero-order chi connectivity index (χ0) is 14.3. The van der Waals surface area contributed by atoms with E-state index in [1.165, 1.54) is 16.7 Å². The van der Waals surface area contributed by atoms with E-state index in [2.05, 4.69) is 42.2 Å². The summed E-state index contributed by atoms with van der Waals surface area (Å²) in [6.07, 6.45) is 3.17. The van der Waals surface area contributed by atoms with Crippen molar-refractivity contribution in [2.75, 3.05) is 12.3 Å². The minimum Gasteiger partial charge on any atom is -0.398 e. The zero-order valence-electron chi connectivity index (χ0n) is 12.4. The molecule has 0 fully saturated rings. The van der Waals surface area contributed by atoms with Gasteiger partial charge >= 0.3 is 0 Å². The molecule has 0 saturated heterocycles. The number of nitrogens with two attached hydrogens (primary N) is 1. The molecule has 2 heterocycles. The molecule has 20 heavy (non-hydrogen) atoms. The van der Waals surface area contributed by atoms with E-state index in [0.717, 1.165) is 30.9 Å². The highest BCUT2D eigenvalue weighted by Crippen LogP contribution is 2.30. The standard InChI is InChI=1S/C16H22N4/c1-11-15(10-19(3)18-11)12(2)20-8-7-14-13(9-20)5-4-6-16(14)17/h4-6,10,12H,7-9,17H2,1-3H3. The fourth-order valence-corrected chi connectivity index (χ4v) is 3.22. The van der Waals surface area contributed by atoms with Crippen LogP contribution in [0.25, 0.3) is 0 Å². The molecule has 1 atom stereocenters. The number of anilines is 1. The molecule has 1 aromatic heterocycles. The molecule has 3 rings (SSSR count). The third-order valence-corrected chi connectivity index (χ3v) is 4.38. The summed E-state index contributed by atoms with van der Waals surface area (Å²) in [5, 5.41) is 4.46. The summed E-state index contributed by atoms with van der Waals surface area (Å²) in [7, 11) is 1.98. The molecule has 0 aliphatic carbocycles. The van der Waals surface area contributed by atoms with Crippen LogP contribution in [-0.4, -0.2) is 21.2 Å². The van der Waals surface area contributed by atoms with Crippen molar-refractivity contribution in [3.63, 3.8) is 0 Å². The SMILES string of the molecule is Cc1nn(C)cc1C(C)N1CCc2c(N)cccc2C1. The third kappa shape index (κ3) is 2.20. The fraction of sp³-hybridized carbons (Fsp3) is 0.438. The largest absolute Gasteiger partial charge is 0.398 e. The number of hydrogen-bond acceptors (Lipinski definition) is 3. The van der Waals surface area contributed by atoms with Crippen molar-refractivity contribution < 1.29 is 0 Å². The lowest BCUT2D eigenvalue weighted by molar-refractivity contribution is 0.192. The summed E-state index contributed by atoms with van der Waals surface area (Å²) in [5.41, 5.74) is 12.1. The Balaban J connectivity index is 1.85. The van der Waals surface area contributed by atoms with Crippen LogP contribution in [0.1, 0.15) is 35.3 Å². The Labute approximate surface area is 120 Å². The predicted molar refractivity (Wildman–Crippen MR) is 81.3 cm³/mol. The summed E-state index contributed by atoms with van der Waals surface area (Å²) in [6, 6.07) is 6.64. The van der Waals surface area contributed by atoms with Gasteiger partial charge < -0.3 is 5.73 Å². The van der Waals surface area contributed by atoms with E-state index < -0.39 is 0 Å². The molecule has 1 aliphatic heterocycles. The lowest BCUT2D eigenvalue weighted by atomic mass is 9.96. The Hall–Kier alpha value is -1.81. The van der Waals surface area contributed by atoms with Crippen molar-refractivity contribution in [1.82, 2.24) is 14.7 Å². The van der Waals surface area contributed by atoms with Crippen LogP contribution in [0.5, 0.6) is 0 Å². The highest BCUT2D eigenvalue weighted by atomic mass is 15.3. The third-order valence-electron chi connectivity index (χ3n) is 4.38. The number of fused-ring (bicyclic) bond motifs is 1. The van der Waals surface area contributed by atoms with Crippen molar-refractivity contribution in [2.45, 2.75) is 32.9 Å². The van der Waals surface area contributed by atoms with Gasteiger partial charge in [-0.3, -0.25) is 9.58 Å². The monoisotopic (exact) mass is 270 g/mol. The van der Waals surface area contributed by atoms with Gasteiger partial charge in [0.05, 0.1) is 5.69 Å². The Morgan fingerprint density at radius 3 is 2.85 bits per heavy atom. The average Bonchev–Trinajstić information content (AvgIpc) is 2.77. The molecule has 0 saturated carbocycles. The van der Waals surface area contributed by atoms with E-state index in [9.17, 15) is 0 Å². The first-order valence-corrected chi connectivity index (χ1v) is 7.16. The lowest BCUT2D eigenvalue weighted by Crippen LogP contribution is -2.33. The van der Waals surface area contributed by atoms with Gasteiger partial charge in [-0.2, -0.15) is 5.10 Å². The summed E-state index contributed by atoms with van der Waals surface area (Å²) < 4.78 is 1.90. The van der Waals surface area contributed by atoms with Crippen LogP contribution in [0.2, 0.25) is 0 Å². The van der Waals surface area contributed by atoms with Crippen LogP contribution in [-0.2, 0) is 20.0 Å². The highest BCUT2D eigenvalue weighted by molar-refractivity contribution is 5.52. The minimum absolute atomic E-state index is 0.387. The maximum Gasteiger partial charge on any atom is 0.0641 e. The van der Waals surface area contributed by atoms with E-state index in [0.29, 0.717) is 6.04 Å². The van der Waals surface area contributed by atoms with Crippen LogP contribution < -0.4 is 5.73 Å². The van der Waals surface area contributed by atoms with Gasteiger partial charge in [0.1, 0.15) is 0 Å². The number of hydrogen-bond donors (Lipinski definition) is 1. The predicted octanol–water partition coefficient (Wildman–Crippen LogP) is 2.43. The Kier molecular flexibility index (Phi) is 3.26. The van der Waals surface area contributed by atoms with Crippen molar-refractivity contribution in [2.24, 2.45) is 7.05 Å². The van der Waals surface area contributed by atoms with Gasteiger partial charge in [0.2, 0.25) is 0 Å². The number of nitrogens with zero attached hydrogens (tertiary/aromatic N) is 3. The molecule has 4 nitrogen and oxygen atoms in total. The molecular weight excluding hydrogens is 248 g/mol. The zero-order valence-corrected chi connectivity index (χ0v) is 12.4. The Morgan fingerprint density at radius 2 is 2.15 bits per heavy atom. The topological polar surface area (TPSA) is 47.1 Å². The molecule has 0 bridgehead atoms. The maximum atomic E-state index is 6.07. The van der Waals surface area contributed by atoms with Gasteiger partial charge in [0, 0.05) is 43.6 Å². The number of nitrogen functional groups attached to an aromatic ring is 1. The second-order valence-electron chi connectivity index (χ2n) is 5.72.